The SMILES string of the molecule is Cc1cc(NC(=O)c2cnn(-c3ccc(C(F)(F)F)cn3)c2C)cnc1C1=CCC(N2CCOCC2=O)CC1. The lowest BCUT2D eigenvalue weighted by Gasteiger charge is -2.36. The van der Waals surface area contributed by atoms with Gasteiger partial charge in [-0.15, -0.1) is 0 Å². The number of nitrogens with one attached hydrogen (secondary N) is 1. The predicted octanol–water partition coefficient (Wildman–Crippen LogP) is 4.34. The first-order valence-corrected chi connectivity index (χ1v) is 12.5. The minimum absolute atomic E-state index is 0.0360. The van der Waals surface area contributed by atoms with Crippen molar-refractivity contribution >= 4 is 23.1 Å². The van der Waals surface area contributed by atoms with Gasteiger partial charge in [-0.3, -0.25) is 14.6 Å². The van der Waals surface area contributed by atoms with E-state index in [1.54, 1.807) is 13.1 Å². The molecule has 204 valence electrons. The number of carbonyl (C=O) groups excluding carboxylic acids is 2. The maximum absolute atomic E-state index is 13.0. The van der Waals surface area contributed by atoms with E-state index in [1.807, 2.05) is 17.9 Å². The van der Waals surface area contributed by atoms with E-state index in [1.165, 1.54) is 16.9 Å². The molecule has 5 rings (SSSR count). The first-order chi connectivity index (χ1) is 18.6. The van der Waals surface area contributed by atoms with Crippen molar-refractivity contribution in [2.75, 3.05) is 25.1 Å². The molecule has 0 saturated carbocycles. The fraction of sp³-hybridized carbons (Fsp3) is 0.370. The van der Waals surface area contributed by atoms with Gasteiger partial charge in [0.2, 0.25) is 5.91 Å². The van der Waals surface area contributed by atoms with Crippen molar-refractivity contribution in [3.05, 3.63) is 70.9 Å². The highest BCUT2D eigenvalue weighted by molar-refractivity contribution is 6.05. The van der Waals surface area contributed by atoms with Gasteiger partial charge in [0.1, 0.15) is 6.61 Å². The van der Waals surface area contributed by atoms with E-state index < -0.39 is 17.6 Å². The molecule has 1 aliphatic heterocycles. The quantitative estimate of drug-likeness (QED) is 0.517. The average molecular weight is 541 g/mol. The van der Waals surface area contributed by atoms with Gasteiger partial charge < -0.3 is 15.0 Å². The Hall–Kier alpha value is -4.06. The number of pyridine rings is 2. The Morgan fingerprint density at radius 2 is 1.97 bits per heavy atom. The van der Waals surface area contributed by atoms with Crippen molar-refractivity contribution in [1.29, 1.82) is 0 Å². The molecule has 1 saturated heterocycles. The lowest BCUT2D eigenvalue weighted by Crippen LogP contribution is -2.48. The Kier molecular flexibility index (Phi) is 7.21. The smallest absolute Gasteiger partial charge is 0.370 e. The van der Waals surface area contributed by atoms with Gasteiger partial charge in [0.15, 0.2) is 5.82 Å². The van der Waals surface area contributed by atoms with Gasteiger partial charge >= 0.3 is 6.18 Å². The Bertz CT molecular complexity index is 1430. The lowest BCUT2D eigenvalue weighted by atomic mass is 9.90. The van der Waals surface area contributed by atoms with Crippen LogP contribution in [-0.2, 0) is 15.7 Å². The van der Waals surface area contributed by atoms with E-state index in [0.717, 1.165) is 48.4 Å². The number of halogens is 3. The van der Waals surface area contributed by atoms with Gasteiger partial charge in [-0.25, -0.2) is 9.67 Å². The molecular formula is C27H27F3N6O3. The van der Waals surface area contributed by atoms with Crippen LogP contribution in [0.15, 0.2) is 42.9 Å². The van der Waals surface area contributed by atoms with Crippen molar-refractivity contribution in [1.82, 2.24) is 24.6 Å². The van der Waals surface area contributed by atoms with Crippen LogP contribution in [0.3, 0.4) is 0 Å². The fourth-order valence-corrected chi connectivity index (χ4v) is 4.95. The summed E-state index contributed by atoms with van der Waals surface area (Å²) in [5, 5.41) is 6.95. The zero-order valence-electron chi connectivity index (χ0n) is 21.5. The molecule has 3 aromatic rings. The Morgan fingerprint density at radius 3 is 2.62 bits per heavy atom. The topological polar surface area (TPSA) is 102 Å². The number of rotatable bonds is 5. The number of carbonyl (C=O) groups is 2. The second kappa shape index (κ2) is 10.6. The highest BCUT2D eigenvalue weighted by Crippen LogP contribution is 2.32. The van der Waals surface area contributed by atoms with Crippen molar-refractivity contribution in [2.45, 2.75) is 45.3 Å². The average Bonchev–Trinajstić information content (AvgIpc) is 3.30. The monoisotopic (exact) mass is 540 g/mol. The number of aromatic nitrogens is 4. The van der Waals surface area contributed by atoms with Crippen molar-refractivity contribution < 1.29 is 27.5 Å². The van der Waals surface area contributed by atoms with E-state index in [0.29, 0.717) is 24.5 Å². The molecule has 2 aliphatic rings. The van der Waals surface area contributed by atoms with Gasteiger partial charge in [0, 0.05) is 18.8 Å². The van der Waals surface area contributed by atoms with Crippen LogP contribution in [0, 0.1) is 13.8 Å². The van der Waals surface area contributed by atoms with E-state index >= 15 is 0 Å². The first-order valence-electron chi connectivity index (χ1n) is 12.5. The number of hydrogen-bond donors (Lipinski definition) is 1. The minimum Gasteiger partial charge on any atom is -0.370 e. The summed E-state index contributed by atoms with van der Waals surface area (Å²) in [5.41, 5.74) is 3.21. The van der Waals surface area contributed by atoms with Crippen molar-refractivity contribution in [2.24, 2.45) is 0 Å². The number of nitrogens with zero attached hydrogens (tertiary/aromatic N) is 5. The molecule has 3 aromatic heterocycles. The highest BCUT2D eigenvalue weighted by Gasteiger charge is 2.31. The van der Waals surface area contributed by atoms with Crippen molar-refractivity contribution in [3.63, 3.8) is 0 Å². The summed E-state index contributed by atoms with van der Waals surface area (Å²) in [4.78, 5) is 35.5. The zero-order valence-corrected chi connectivity index (χ0v) is 21.5. The molecule has 1 atom stereocenters. The summed E-state index contributed by atoms with van der Waals surface area (Å²) in [5.74, 6) is -0.217. The maximum Gasteiger partial charge on any atom is 0.417 e. The molecule has 0 aromatic carbocycles. The second-order valence-corrected chi connectivity index (χ2v) is 9.60. The minimum atomic E-state index is -4.49. The second-order valence-electron chi connectivity index (χ2n) is 9.60. The van der Waals surface area contributed by atoms with Crippen LogP contribution in [0.1, 0.15) is 52.1 Å². The van der Waals surface area contributed by atoms with Crippen LogP contribution in [0.4, 0.5) is 18.9 Å². The number of morpholine rings is 1. The molecule has 12 heteroatoms. The molecule has 4 heterocycles. The van der Waals surface area contributed by atoms with Crippen LogP contribution < -0.4 is 5.32 Å². The third-order valence-corrected chi connectivity index (χ3v) is 7.03. The number of amides is 2. The van der Waals surface area contributed by atoms with Gasteiger partial charge in [-0.1, -0.05) is 6.08 Å². The first kappa shape index (κ1) is 26.5. The lowest BCUT2D eigenvalue weighted by molar-refractivity contribution is -0.145. The molecular weight excluding hydrogens is 513 g/mol. The Morgan fingerprint density at radius 1 is 1.15 bits per heavy atom. The molecule has 2 amide bonds. The van der Waals surface area contributed by atoms with Gasteiger partial charge in [0.25, 0.3) is 5.91 Å². The van der Waals surface area contributed by atoms with Crippen LogP contribution in [0.25, 0.3) is 11.4 Å². The van der Waals surface area contributed by atoms with E-state index in [2.05, 4.69) is 26.5 Å². The van der Waals surface area contributed by atoms with Crippen LogP contribution >= 0.6 is 0 Å². The number of aryl methyl sites for hydroxylation is 1. The molecule has 0 radical (unpaired) electrons. The van der Waals surface area contributed by atoms with E-state index in [-0.39, 0.29) is 29.9 Å². The molecule has 1 fully saturated rings. The summed E-state index contributed by atoms with van der Waals surface area (Å²) in [6.45, 7) is 4.90. The van der Waals surface area contributed by atoms with E-state index in [4.69, 9.17) is 4.74 Å². The highest BCUT2D eigenvalue weighted by atomic mass is 19.4. The fourth-order valence-electron chi connectivity index (χ4n) is 4.95. The largest absolute Gasteiger partial charge is 0.417 e. The number of alkyl halides is 3. The van der Waals surface area contributed by atoms with Gasteiger partial charge in [-0.2, -0.15) is 18.3 Å². The summed E-state index contributed by atoms with van der Waals surface area (Å²) in [7, 11) is 0. The summed E-state index contributed by atoms with van der Waals surface area (Å²) in [6, 6.07) is 4.14. The third kappa shape index (κ3) is 5.56. The number of ether oxygens (including phenoxy) is 1. The van der Waals surface area contributed by atoms with E-state index in [9.17, 15) is 22.8 Å². The summed E-state index contributed by atoms with van der Waals surface area (Å²) >= 11 is 0. The molecule has 1 N–H and O–H groups in total. The molecule has 0 bridgehead atoms. The molecule has 1 aliphatic carbocycles. The normalized spacial score (nSPS) is 18.2. The summed E-state index contributed by atoms with van der Waals surface area (Å²) in [6.07, 6.45) is 3.73. The van der Waals surface area contributed by atoms with Crippen LogP contribution in [0.5, 0.6) is 0 Å². The molecule has 0 spiro atoms. The third-order valence-electron chi connectivity index (χ3n) is 7.03. The predicted molar refractivity (Wildman–Crippen MR) is 136 cm³/mol. The number of anilines is 1. The molecule has 1 unspecified atom stereocenters. The maximum atomic E-state index is 13.0. The Labute approximate surface area is 222 Å². The van der Waals surface area contributed by atoms with Crippen LogP contribution in [-0.4, -0.2) is 62.3 Å². The molecule has 39 heavy (non-hydrogen) atoms. The Balaban J connectivity index is 1.26. The van der Waals surface area contributed by atoms with Gasteiger partial charge in [-0.05, 0) is 62.4 Å². The number of allylic oxidation sites excluding steroid dienone is 1. The number of hydrogen-bond acceptors (Lipinski definition) is 6. The molecule has 9 nitrogen and oxygen atoms in total. The van der Waals surface area contributed by atoms with Crippen molar-refractivity contribution in [3.8, 4) is 5.82 Å². The zero-order chi connectivity index (χ0) is 27.7. The van der Waals surface area contributed by atoms with Crippen LogP contribution in [0.2, 0.25) is 0 Å². The summed E-state index contributed by atoms with van der Waals surface area (Å²) < 4.78 is 45.1. The van der Waals surface area contributed by atoms with Gasteiger partial charge in [0.05, 0.1) is 47.2 Å². The standard InChI is InChI=1S/C27H27F3N6O3/c1-16-11-20(13-32-25(16)18-3-6-21(7-4-18)35-9-10-39-15-24(35)37)34-26(38)22-14-33-36(17(22)2)23-8-5-19(12-31-23)27(28,29)30/h3,5,8,11-14,21H,4,6-7,9-10,15H2,1-2H3,(H,34,38).